The predicted molar refractivity (Wildman–Crippen MR) is 84.1 cm³/mol. The predicted octanol–water partition coefficient (Wildman–Crippen LogP) is 2.17. The van der Waals surface area contributed by atoms with E-state index in [2.05, 4.69) is 10.4 Å². The highest BCUT2D eigenvalue weighted by molar-refractivity contribution is 5.89. The van der Waals surface area contributed by atoms with Gasteiger partial charge in [-0.25, -0.2) is 9.48 Å². The number of benzene rings is 1. The molecule has 2 amide bonds. The molecule has 1 fully saturated rings. The molecule has 6 nitrogen and oxygen atoms in total. The normalized spacial score (nSPS) is 16.2. The van der Waals surface area contributed by atoms with Crippen molar-refractivity contribution in [3.63, 3.8) is 0 Å². The lowest BCUT2D eigenvalue weighted by atomic mass is 9.92. The second kappa shape index (κ2) is 5.46. The molecule has 6 heteroatoms. The summed E-state index contributed by atoms with van der Waals surface area (Å²) >= 11 is 0. The number of aliphatic hydroxyl groups is 1. The van der Waals surface area contributed by atoms with Crippen molar-refractivity contribution in [2.45, 2.75) is 25.9 Å². The van der Waals surface area contributed by atoms with Crippen LogP contribution in [0.2, 0.25) is 0 Å². The Bertz CT molecular complexity index is 675. The fourth-order valence-corrected chi connectivity index (χ4v) is 2.59. The van der Waals surface area contributed by atoms with Gasteiger partial charge in [-0.1, -0.05) is 25.1 Å². The number of amides is 2. The van der Waals surface area contributed by atoms with E-state index in [-0.39, 0.29) is 6.03 Å². The quantitative estimate of drug-likeness (QED) is 0.912. The van der Waals surface area contributed by atoms with Crippen LogP contribution in [0.1, 0.15) is 19.0 Å². The Hall–Kier alpha value is -2.34. The topological polar surface area (TPSA) is 70.4 Å². The van der Waals surface area contributed by atoms with Crippen LogP contribution in [0, 0.1) is 6.92 Å². The summed E-state index contributed by atoms with van der Waals surface area (Å²) in [5, 5.41) is 17.2. The first-order valence-electron chi connectivity index (χ1n) is 7.41. The molecule has 0 spiro atoms. The maximum Gasteiger partial charge on any atom is 0.323 e. The lowest BCUT2D eigenvalue weighted by Crippen LogP contribution is -2.64. The fourth-order valence-electron chi connectivity index (χ4n) is 2.59. The number of aromatic nitrogens is 2. The average Bonchev–Trinajstić information content (AvgIpc) is 2.85. The number of hydrogen-bond donors (Lipinski definition) is 2. The summed E-state index contributed by atoms with van der Waals surface area (Å²) in [5.74, 6) is 0.512. The molecule has 0 saturated carbocycles. The minimum absolute atomic E-state index is 0.226. The maximum atomic E-state index is 12.1. The summed E-state index contributed by atoms with van der Waals surface area (Å²) in [5.41, 5.74) is 1.16. The molecular formula is C16H20N4O2. The number of likely N-dealkylation sites (tertiary alicyclic amines) is 1. The highest BCUT2D eigenvalue weighted by atomic mass is 16.3. The first kappa shape index (κ1) is 14.6. The van der Waals surface area contributed by atoms with E-state index >= 15 is 0 Å². The Morgan fingerprint density at radius 2 is 2.05 bits per heavy atom. The number of carbonyl (C=O) groups is 1. The van der Waals surface area contributed by atoms with Crippen molar-refractivity contribution in [3.05, 3.63) is 42.1 Å². The maximum absolute atomic E-state index is 12.1. The fraction of sp³-hybridized carbons (Fsp3) is 0.375. The van der Waals surface area contributed by atoms with E-state index < -0.39 is 5.60 Å². The Labute approximate surface area is 129 Å². The minimum atomic E-state index is -0.726. The van der Waals surface area contributed by atoms with Crippen LogP contribution >= 0.6 is 0 Å². The van der Waals surface area contributed by atoms with E-state index in [9.17, 15) is 9.90 Å². The largest absolute Gasteiger partial charge is 0.386 e. The van der Waals surface area contributed by atoms with Gasteiger partial charge in [-0.15, -0.1) is 5.10 Å². The zero-order chi connectivity index (χ0) is 15.7. The summed E-state index contributed by atoms with van der Waals surface area (Å²) in [6.07, 6.45) is 0.651. The lowest BCUT2D eigenvalue weighted by molar-refractivity contribution is -0.0755. The molecule has 22 heavy (non-hydrogen) atoms. The van der Waals surface area contributed by atoms with Crippen LogP contribution in [0.5, 0.6) is 0 Å². The molecule has 1 saturated heterocycles. The molecule has 1 aromatic carbocycles. The van der Waals surface area contributed by atoms with Gasteiger partial charge in [0.2, 0.25) is 0 Å². The molecule has 2 heterocycles. The number of para-hydroxylation sites is 1. The third-order valence-corrected chi connectivity index (χ3v) is 4.04. The molecular weight excluding hydrogens is 280 g/mol. The number of rotatable bonds is 3. The van der Waals surface area contributed by atoms with Gasteiger partial charge in [0, 0.05) is 11.8 Å². The second-order valence-electron chi connectivity index (χ2n) is 5.78. The van der Waals surface area contributed by atoms with Crippen molar-refractivity contribution in [2.75, 3.05) is 18.4 Å². The molecule has 0 aliphatic carbocycles. The first-order chi connectivity index (χ1) is 10.5. The summed E-state index contributed by atoms with van der Waals surface area (Å²) in [6, 6.07) is 11.4. The Kier molecular flexibility index (Phi) is 3.62. The molecule has 1 aliphatic rings. The minimum Gasteiger partial charge on any atom is -0.386 e. The molecule has 0 radical (unpaired) electrons. The molecule has 1 aromatic heterocycles. The lowest BCUT2D eigenvalue weighted by Gasteiger charge is -2.45. The van der Waals surface area contributed by atoms with Gasteiger partial charge in [-0.3, -0.25) is 5.32 Å². The molecule has 116 valence electrons. The Morgan fingerprint density at radius 3 is 2.68 bits per heavy atom. The van der Waals surface area contributed by atoms with E-state index in [4.69, 9.17) is 0 Å². The van der Waals surface area contributed by atoms with Crippen molar-refractivity contribution in [2.24, 2.45) is 0 Å². The zero-order valence-electron chi connectivity index (χ0n) is 12.8. The number of urea groups is 1. The highest BCUT2D eigenvalue weighted by Gasteiger charge is 2.42. The average molecular weight is 300 g/mol. The van der Waals surface area contributed by atoms with E-state index in [1.165, 1.54) is 0 Å². The molecule has 3 rings (SSSR count). The van der Waals surface area contributed by atoms with Gasteiger partial charge in [0.15, 0.2) is 5.82 Å². The molecule has 2 N–H and O–H groups in total. The number of nitrogens with one attached hydrogen (secondary N) is 1. The number of carbonyl (C=O) groups excluding carboxylic acids is 1. The van der Waals surface area contributed by atoms with Crippen molar-refractivity contribution in [1.82, 2.24) is 14.7 Å². The van der Waals surface area contributed by atoms with Gasteiger partial charge in [0.25, 0.3) is 0 Å². The van der Waals surface area contributed by atoms with Crippen LogP contribution in [-0.2, 0) is 0 Å². The van der Waals surface area contributed by atoms with E-state index in [1.54, 1.807) is 9.58 Å². The second-order valence-corrected chi connectivity index (χ2v) is 5.78. The van der Waals surface area contributed by atoms with Gasteiger partial charge in [0.05, 0.1) is 24.4 Å². The van der Waals surface area contributed by atoms with Crippen LogP contribution in [0.25, 0.3) is 5.69 Å². The number of hydrogen-bond acceptors (Lipinski definition) is 3. The zero-order valence-corrected chi connectivity index (χ0v) is 12.8. The highest BCUT2D eigenvalue weighted by Crippen LogP contribution is 2.25. The van der Waals surface area contributed by atoms with E-state index in [0.29, 0.717) is 25.3 Å². The third kappa shape index (κ3) is 2.69. The van der Waals surface area contributed by atoms with E-state index in [0.717, 1.165) is 11.4 Å². The standard InChI is InChI=1S/C16H20N4O2/c1-3-16(22)10-19(11-16)15(21)17-14-9-12(2)20(18-14)13-7-5-4-6-8-13/h4-9,22H,3,10-11H2,1-2H3,(H,17,18,21). The molecule has 0 atom stereocenters. The third-order valence-electron chi connectivity index (χ3n) is 4.04. The van der Waals surface area contributed by atoms with Crippen LogP contribution in [0.15, 0.2) is 36.4 Å². The number of anilines is 1. The molecule has 1 aliphatic heterocycles. The van der Waals surface area contributed by atoms with Crippen LogP contribution in [-0.4, -0.2) is 44.5 Å². The summed E-state index contributed by atoms with van der Waals surface area (Å²) < 4.78 is 1.79. The van der Waals surface area contributed by atoms with Crippen LogP contribution < -0.4 is 5.32 Å². The Balaban J connectivity index is 1.68. The van der Waals surface area contributed by atoms with Gasteiger partial charge in [-0.05, 0) is 25.5 Å². The van der Waals surface area contributed by atoms with E-state index in [1.807, 2.05) is 50.2 Å². The van der Waals surface area contributed by atoms with Gasteiger partial charge < -0.3 is 10.0 Å². The summed E-state index contributed by atoms with van der Waals surface area (Å²) in [7, 11) is 0. The smallest absolute Gasteiger partial charge is 0.323 e. The monoisotopic (exact) mass is 300 g/mol. The molecule has 0 bridgehead atoms. The Morgan fingerprint density at radius 1 is 1.36 bits per heavy atom. The number of β-amino-alcohol motifs (C(OH)–C–C–N with tert-alkyl or cyclic N) is 1. The van der Waals surface area contributed by atoms with Gasteiger partial charge in [0.1, 0.15) is 0 Å². The van der Waals surface area contributed by atoms with Crippen molar-refractivity contribution in [3.8, 4) is 5.69 Å². The van der Waals surface area contributed by atoms with Crippen molar-refractivity contribution >= 4 is 11.8 Å². The first-order valence-corrected chi connectivity index (χ1v) is 7.41. The summed E-state index contributed by atoms with van der Waals surface area (Å²) in [6.45, 7) is 4.59. The van der Waals surface area contributed by atoms with Crippen molar-refractivity contribution < 1.29 is 9.90 Å². The molecule has 2 aromatic rings. The molecule has 0 unspecified atom stereocenters. The SMILES string of the molecule is CCC1(O)CN(C(=O)Nc2cc(C)n(-c3ccccc3)n2)C1. The van der Waals surface area contributed by atoms with Crippen LogP contribution in [0.3, 0.4) is 0 Å². The van der Waals surface area contributed by atoms with Crippen LogP contribution in [0.4, 0.5) is 10.6 Å². The van der Waals surface area contributed by atoms with Gasteiger partial charge >= 0.3 is 6.03 Å². The van der Waals surface area contributed by atoms with Crippen molar-refractivity contribution in [1.29, 1.82) is 0 Å². The number of nitrogens with zero attached hydrogens (tertiary/aromatic N) is 3. The number of aryl methyl sites for hydroxylation is 1. The van der Waals surface area contributed by atoms with Gasteiger partial charge in [-0.2, -0.15) is 0 Å². The summed E-state index contributed by atoms with van der Waals surface area (Å²) in [4.78, 5) is 13.7.